The van der Waals surface area contributed by atoms with E-state index in [9.17, 15) is 0 Å². The highest BCUT2D eigenvalue weighted by molar-refractivity contribution is 7.80. The third-order valence-corrected chi connectivity index (χ3v) is 3.68. The fourth-order valence-electron chi connectivity index (χ4n) is 2.53. The SMILES string of the molecule is CC(C)CN(C)CCC1CN(CCCS)CCO1. The Bertz CT molecular complexity index is 214. The highest BCUT2D eigenvalue weighted by Crippen LogP contribution is 2.10. The summed E-state index contributed by atoms with van der Waals surface area (Å²) in [4.78, 5) is 4.94. The van der Waals surface area contributed by atoms with E-state index in [1.165, 1.54) is 19.5 Å². The molecule has 0 aromatic rings. The lowest BCUT2D eigenvalue weighted by atomic mass is 10.1. The Hall–Kier alpha value is 0.230. The minimum absolute atomic E-state index is 0.424. The number of morpholine rings is 1. The summed E-state index contributed by atoms with van der Waals surface area (Å²) in [5.74, 6) is 1.73. The quantitative estimate of drug-likeness (QED) is 0.682. The molecule has 0 aliphatic carbocycles. The van der Waals surface area contributed by atoms with E-state index < -0.39 is 0 Å². The van der Waals surface area contributed by atoms with Crippen molar-refractivity contribution in [3.63, 3.8) is 0 Å². The molecule has 0 bridgehead atoms. The second kappa shape index (κ2) is 9.18. The van der Waals surface area contributed by atoms with Crippen LogP contribution in [0.1, 0.15) is 26.7 Å². The van der Waals surface area contributed by atoms with Gasteiger partial charge in [0.2, 0.25) is 0 Å². The van der Waals surface area contributed by atoms with Crippen LogP contribution in [0.5, 0.6) is 0 Å². The first kappa shape index (κ1) is 16.3. The molecule has 0 amide bonds. The predicted octanol–water partition coefficient (Wildman–Crippen LogP) is 1.99. The van der Waals surface area contributed by atoms with E-state index in [0.717, 1.165) is 44.3 Å². The van der Waals surface area contributed by atoms with Crippen molar-refractivity contribution in [2.45, 2.75) is 32.8 Å². The van der Waals surface area contributed by atoms with E-state index in [0.29, 0.717) is 6.10 Å². The number of ether oxygens (including phenoxy) is 1. The summed E-state index contributed by atoms with van der Waals surface area (Å²) in [5, 5.41) is 0. The van der Waals surface area contributed by atoms with Gasteiger partial charge in [-0.25, -0.2) is 0 Å². The highest BCUT2D eigenvalue weighted by atomic mass is 32.1. The molecular formula is C14H30N2OS. The summed E-state index contributed by atoms with van der Waals surface area (Å²) in [6.07, 6.45) is 2.76. The van der Waals surface area contributed by atoms with Gasteiger partial charge in [0.1, 0.15) is 0 Å². The van der Waals surface area contributed by atoms with Crippen LogP contribution in [0.25, 0.3) is 0 Å². The van der Waals surface area contributed by atoms with Crippen LogP contribution in [0.4, 0.5) is 0 Å². The fraction of sp³-hybridized carbons (Fsp3) is 1.00. The fourth-order valence-corrected chi connectivity index (χ4v) is 2.67. The van der Waals surface area contributed by atoms with Gasteiger partial charge in [-0.2, -0.15) is 12.6 Å². The average molecular weight is 274 g/mol. The Morgan fingerprint density at radius 1 is 1.44 bits per heavy atom. The van der Waals surface area contributed by atoms with Crippen molar-refractivity contribution in [1.29, 1.82) is 0 Å². The molecule has 0 saturated carbocycles. The van der Waals surface area contributed by atoms with Crippen LogP contribution in [-0.4, -0.2) is 68.0 Å². The topological polar surface area (TPSA) is 15.7 Å². The molecule has 0 radical (unpaired) electrons. The van der Waals surface area contributed by atoms with Crippen molar-refractivity contribution in [3.8, 4) is 0 Å². The maximum absolute atomic E-state index is 5.86. The van der Waals surface area contributed by atoms with Crippen molar-refractivity contribution in [2.75, 3.05) is 52.1 Å². The van der Waals surface area contributed by atoms with E-state index in [1.54, 1.807) is 0 Å². The van der Waals surface area contributed by atoms with Gasteiger partial charge in [0.05, 0.1) is 12.7 Å². The van der Waals surface area contributed by atoms with Gasteiger partial charge in [0.25, 0.3) is 0 Å². The van der Waals surface area contributed by atoms with Gasteiger partial charge in [-0.15, -0.1) is 0 Å². The molecule has 4 heteroatoms. The molecule has 1 atom stereocenters. The maximum Gasteiger partial charge on any atom is 0.0714 e. The third kappa shape index (κ3) is 6.98. The number of thiol groups is 1. The zero-order valence-electron chi connectivity index (χ0n) is 12.3. The van der Waals surface area contributed by atoms with Gasteiger partial charge in [-0.1, -0.05) is 13.8 Å². The summed E-state index contributed by atoms with van der Waals surface area (Å²) in [6.45, 7) is 11.1. The van der Waals surface area contributed by atoms with Gasteiger partial charge < -0.3 is 9.64 Å². The Balaban J connectivity index is 2.17. The van der Waals surface area contributed by atoms with E-state index in [2.05, 4.69) is 43.3 Å². The predicted molar refractivity (Wildman–Crippen MR) is 81.6 cm³/mol. The summed E-state index contributed by atoms with van der Waals surface area (Å²) in [5.41, 5.74) is 0. The smallest absolute Gasteiger partial charge is 0.0714 e. The Morgan fingerprint density at radius 3 is 2.89 bits per heavy atom. The molecule has 1 aliphatic rings. The first-order valence-corrected chi connectivity index (χ1v) is 7.88. The first-order chi connectivity index (χ1) is 8.61. The number of rotatable bonds is 8. The zero-order valence-corrected chi connectivity index (χ0v) is 13.2. The molecule has 1 aliphatic heterocycles. The number of hydrogen-bond donors (Lipinski definition) is 1. The van der Waals surface area contributed by atoms with Crippen molar-refractivity contribution >= 4 is 12.6 Å². The van der Waals surface area contributed by atoms with Crippen molar-refractivity contribution in [2.24, 2.45) is 5.92 Å². The summed E-state index contributed by atoms with van der Waals surface area (Å²) >= 11 is 4.28. The van der Waals surface area contributed by atoms with Crippen molar-refractivity contribution < 1.29 is 4.74 Å². The van der Waals surface area contributed by atoms with E-state index in [-0.39, 0.29) is 0 Å². The highest BCUT2D eigenvalue weighted by Gasteiger charge is 2.20. The van der Waals surface area contributed by atoms with Gasteiger partial charge >= 0.3 is 0 Å². The molecule has 0 aromatic carbocycles. The molecule has 1 fully saturated rings. The molecule has 0 aromatic heterocycles. The number of hydrogen-bond acceptors (Lipinski definition) is 4. The molecule has 3 nitrogen and oxygen atoms in total. The van der Waals surface area contributed by atoms with Crippen LogP contribution < -0.4 is 0 Å². The molecule has 1 saturated heterocycles. The molecule has 18 heavy (non-hydrogen) atoms. The average Bonchev–Trinajstić information content (AvgIpc) is 2.33. The van der Waals surface area contributed by atoms with Crippen LogP contribution in [0.3, 0.4) is 0 Å². The van der Waals surface area contributed by atoms with Crippen molar-refractivity contribution in [1.82, 2.24) is 9.80 Å². The lowest BCUT2D eigenvalue weighted by Gasteiger charge is -2.33. The summed E-state index contributed by atoms with van der Waals surface area (Å²) < 4.78 is 5.86. The molecule has 108 valence electrons. The maximum atomic E-state index is 5.86. The van der Waals surface area contributed by atoms with Crippen LogP contribution in [-0.2, 0) is 4.74 Å². The third-order valence-electron chi connectivity index (χ3n) is 3.36. The Labute approximate surface area is 118 Å². The van der Waals surface area contributed by atoms with Crippen LogP contribution in [0.15, 0.2) is 0 Å². The van der Waals surface area contributed by atoms with Crippen LogP contribution in [0, 0.1) is 5.92 Å². The van der Waals surface area contributed by atoms with Crippen LogP contribution in [0.2, 0.25) is 0 Å². The molecule has 1 rings (SSSR count). The van der Waals surface area contributed by atoms with E-state index >= 15 is 0 Å². The number of nitrogens with zero attached hydrogens (tertiary/aromatic N) is 2. The van der Waals surface area contributed by atoms with E-state index in [4.69, 9.17) is 4.74 Å². The summed E-state index contributed by atoms with van der Waals surface area (Å²) in [6, 6.07) is 0. The van der Waals surface area contributed by atoms with Crippen LogP contribution >= 0.6 is 12.6 Å². The lowest BCUT2D eigenvalue weighted by Crippen LogP contribution is -2.44. The monoisotopic (exact) mass is 274 g/mol. The largest absolute Gasteiger partial charge is 0.376 e. The minimum atomic E-state index is 0.424. The summed E-state index contributed by atoms with van der Waals surface area (Å²) in [7, 11) is 2.21. The molecular weight excluding hydrogens is 244 g/mol. The molecule has 0 spiro atoms. The first-order valence-electron chi connectivity index (χ1n) is 7.25. The molecule has 0 N–H and O–H groups in total. The molecule has 1 heterocycles. The van der Waals surface area contributed by atoms with Gasteiger partial charge in [0.15, 0.2) is 0 Å². The van der Waals surface area contributed by atoms with E-state index in [1.807, 2.05) is 0 Å². The molecule has 1 unspecified atom stereocenters. The standard InChI is InChI=1S/C14H30N2OS/c1-13(2)11-15(3)7-5-14-12-16(6-4-10-18)8-9-17-14/h13-14,18H,4-12H2,1-3H3. The Kier molecular flexibility index (Phi) is 8.31. The zero-order chi connectivity index (χ0) is 13.4. The Morgan fingerprint density at radius 2 is 2.22 bits per heavy atom. The van der Waals surface area contributed by atoms with Crippen molar-refractivity contribution in [3.05, 3.63) is 0 Å². The second-order valence-corrected chi connectivity index (χ2v) is 6.26. The van der Waals surface area contributed by atoms with Gasteiger partial charge in [0, 0.05) is 26.2 Å². The second-order valence-electron chi connectivity index (χ2n) is 5.82. The van der Waals surface area contributed by atoms with Gasteiger partial charge in [-0.05, 0) is 38.1 Å². The lowest BCUT2D eigenvalue weighted by molar-refractivity contribution is -0.0348. The van der Waals surface area contributed by atoms with Gasteiger partial charge in [-0.3, -0.25) is 4.90 Å². The minimum Gasteiger partial charge on any atom is -0.376 e. The normalized spacial score (nSPS) is 22.0.